The fourth-order valence-corrected chi connectivity index (χ4v) is 3.66. The summed E-state index contributed by atoms with van der Waals surface area (Å²) in [6.07, 6.45) is 3.67. The number of para-hydroxylation sites is 1. The van der Waals surface area contributed by atoms with Gasteiger partial charge in [-0.05, 0) is 18.6 Å². The molecule has 120 valence electrons. The number of rotatable bonds is 9. The largest absolute Gasteiger partial charge is 0.395 e. The molecule has 0 fully saturated rings. The summed E-state index contributed by atoms with van der Waals surface area (Å²) in [7, 11) is -3.90. The summed E-state index contributed by atoms with van der Waals surface area (Å²) in [6.45, 7) is 2.04. The van der Waals surface area contributed by atoms with Crippen LogP contribution in [0.25, 0.3) is 0 Å². The molecule has 0 heterocycles. The van der Waals surface area contributed by atoms with Crippen LogP contribution in [-0.4, -0.2) is 37.5 Å². The van der Waals surface area contributed by atoms with E-state index in [1.807, 2.05) is 0 Å². The molecule has 0 aliphatic rings. The fourth-order valence-electron chi connectivity index (χ4n) is 2.06. The van der Waals surface area contributed by atoms with Crippen molar-refractivity contribution in [2.24, 2.45) is 0 Å². The van der Waals surface area contributed by atoms with Gasteiger partial charge in [0.05, 0.1) is 12.3 Å². The number of aliphatic hydroxyl groups excluding tert-OH is 1. The third-order valence-electron chi connectivity index (χ3n) is 3.24. The van der Waals surface area contributed by atoms with E-state index in [9.17, 15) is 12.8 Å². The van der Waals surface area contributed by atoms with Gasteiger partial charge in [0.25, 0.3) is 0 Å². The van der Waals surface area contributed by atoms with Gasteiger partial charge in [-0.15, -0.1) is 0 Å². The first-order valence-electron chi connectivity index (χ1n) is 7.10. The zero-order valence-electron chi connectivity index (χ0n) is 12.3. The second kappa shape index (κ2) is 8.31. The lowest BCUT2D eigenvalue weighted by Crippen LogP contribution is -2.35. The van der Waals surface area contributed by atoms with E-state index in [0.29, 0.717) is 13.0 Å². The Morgan fingerprint density at radius 3 is 2.57 bits per heavy atom. The molecule has 0 amide bonds. The minimum atomic E-state index is -3.90. The lowest BCUT2D eigenvalue weighted by molar-refractivity contribution is 0.251. The number of nitrogens with zero attached hydrogens (tertiary/aromatic N) is 1. The zero-order valence-corrected chi connectivity index (χ0v) is 13.1. The van der Waals surface area contributed by atoms with Crippen molar-refractivity contribution in [3.8, 4) is 0 Å². The van der Waals surface area contributed by atoms with Crippen molar-refractivity contribution in [1.29, 1.82) is 0 Å². The number of benzene rings is 1. The van der Waals surface area contributed by atoms with Crippen molar-refractivity contribution in [3.05, 3.63) is 24.0 Å². The van der Waals surface area contributed by atoms with Gasteiger partial charge in [0.15, 0.2) is 0 Å². The van der Waals surface area contributed by atoms with Crippen LogP contribution in [0.4, 0.5) is 10.1 Å². The summed E-state index contributed by atoms with van der Waals surface area (Å²) in [5, 5.41) is 9.06. The molecule has 3 N–H and O–H groups in total. The first-order chi connectivity index (χ1) is 9.95. The Hall–Kier alpha value is -1.18. The molecule has 1 rings (SSSR count). The smallest absolute Gasteiger partial charge is 0.245 e. The molecule has 0 aliphatic heterocycles. The molecule has 0 radical (unpaired) electrons. The van der Waals surface area contributed by atoms with Crippen molar-refractivity contribution < 1.29 is 17.9 Å². The van der Waals surface area contributed by atoms with Crippen molar-refractivity contribution in [1.82, 2.24) is 4.31 Å². The highest BCUT2D eigenvalue weighted by atomic mass is 32.2. The van der Waals surface area contributed by atoms with Gasteiger partial charge in [0.1, 0.15) is 10.7 Å². The van der Waals surface area contributed by atoms with Crippen molar-refractivity contribution in [3.63, 3.8) is 0 Å². The molecule has 0 bridgehead atoms. The maximum absolute atomic E-state index is 13.5. The third-order valence-corrected chi connectivity index (χ3v) is 5.20. The number of unbranched alkanes of at least 4 members (excludes halogenated alkanes) is 3. The number of nitrogen functional groups attached to an aromatic ring is 1. The summed E-state index contributed by atoms with van der Waals surface area (Å²) in [5.74, 6) is -0.758. The quantitative estimate of drug-likeness (QED) is 0.538. The Morgan fingerprint density at radius 2 is 1.95 bits per heavy atom. The number of hydrogen-bond donors (Lipinski definition) is 2. The summed E-state index contributed by atoms with van der Waals surface area (Å²) >= 11 is 0. The second-order valence-corrected chi connectivity index (χ2v) is 6.75. The highest BCUT2D eigenvalue weighted by molar-refractivity contribution is 7.89. The lowest BCUT2D eigenvalue weighted by Gasteiger charge is -2.22. The Bertz CT molecular complexity index is 549. The number of nitrogens with two attached hydrogens (primary N) is 1. The van der Waals surface area contributed by atoms with E-state index in [1.54, 1.807) is 0 Å². The van der Waals surface area contributed by atoms with Gasteiger partial charge in [-0.1, -0.05) is 32.3 Å². The van der Waals surface area contributed by atoms with Crippen molar-refractivity contribution in [2.75, 3.05) is 25.4 Å². The highest BCUT2D eigenvalue weighted by Crippen LogP contribution is 2.24. The van der Waals surface area contributed by atoms with Crippen LogP contribution >= 0.6 is 0 Å². The Kier molecular flexibility index (Phi) is 7.07. The standard InChI is InChI=1S/C14H23FN2O3S/c1-2-3-4-5-9-17(10-11-18)21(19,20)13-8-6-7-12(15)14(13)16/h6-8,18H,2-5,9-11,16H2,1H3. The van der Waals surface area contributed by atoms with Gasteiger partial charge in [0, 0.05) is 13.1 Å². The number of hydrogen-bond acceptors (Lipinski definition) is 4. The first-order valence-corrected chi connectivity index (χ1v) is 8.54. The van der Waals surface area contributed by atoms with E-state index in [0.717, 1.165) is 29.6 Å². The zero-order chi connectivity index (χ0) is 15.9. The number of sulfonamides is 1. The monoisotopic (exact) mass is 318 g/mol. The molecule has 0 aliphatic carbocycles. The average Bonchev–Trinajstić information content (AvgIpc) is 2.45. The predicted octanol–water partition coefficient (Wildman–Crippen LogP) is 1.97. The minimum Gasteiger partial charge on any atom is -0.395 e. The predicted molar refractivity (Wildman–Crippen MR) is 80.8 cm³/mol. The molecule has 5 nitrogen and oxygen atoms in total. The molecule has 0 saturated carbocycles. The summed E-state index contributed by atoms with van der Waals surface area (Å²) in [6, 6.07) is 3.71. The van der Waals surface area contributed by atoms with E-state index in [2.05, 4.69) is 6.92 Å². The molecular formula is C14H23FN2O3S. The molecule has 7 heteroatoms. The fraction of sp³-hybridized carbons (Fsp3) is 0.571. The van der Waals surface area contributed by atoms with E-state index in [4.69, 9.17) is 10.8 Å². The van der Waals surface area contributed by atoms with Crippen LogP contribution in [0.15, 0.2) is 23.1 Å². The van der Waals surface area contributed by atoms with Crippen molar-refractivity contribution >= 4 is 15.7 Å². The Morgan fingerprint density at radius 1 is 1.24 bits per heavy atom. The molecule has 0 aromatic heterocycles. The normalized spacial score (nSPS) is 12.0. The van der Waals surface area contributed by atoms with Gasteiger partial charge >= 0.3 is 0 Å². The average molecular weight is 318 g/mol. The van der Waals surface area contributed by atoms with Crippen LogP contribution in [0.1, 0.15) is 32.6 Å². The van der Waals surface area contributed by atoms with E-state index < -0.39 is 15.8 Å². The Labute approximate surface area is 125 Å². The topological polar surface area (TPSA) is 83.6 Å². The van der Waals surface area contributed by atoms with E-state index in [-0.39, 0.29) is 23.7 Å². The van der Waals surface area contributed by atoms with Crippen LogP contribution in [0, 0.1) is 5.82 Å². The summed E-state index contributed by atoms with van der Waals surface area (Å²) in [4.78, 5) is -0.244. The van der Waals surface area contributed by atoms with E-state index in [1.165, 1.54) is 12.1 Å². The number of halogens is 1. The molecule has 0 saturated heterocycles. The third kappa shape index (κ3) is 4.66. The molecule has 0 spiro atoms. The Balaban J connectivity index is 2.96. The summed E-state index contributed by atoms with van der Waals surface area (Å²) in [5.41, 5.74) is 5.16. The first kappa shape index (κ1) is 17.9. The van der Waals surface area contributed by atoms with Crippen LogP contribution in [0.3, 0.4) is 0 Å². The highest BCUT2D eigenvalue weighted by Gasteiger charge is 2.26. The van der Waals surface area contributed by atoms with Crippen molar-refractivity contribution in [2.45, 2.75) is 37.5 Å². The molecule has 1 aromatic carbocycles. The molecular weight excluding hydrogens is 295 g/mol. The molecule has 0 atom stereocenters. The molecule has 21 heavy (non-hydrogen) atoms. The maximum Gasteiger partial charge on any atom is 0.245 e. The SMILES string of the molecule is CCCCCCN(CCO)S(=O)(=O)c1cccc(F)c1N. The molecule has 0 unspecified atom stereocenters. The van der Waals surface area contributed by atoms with Crippen LogP contribution < -0.4 is 5.73 Å². The van der Waals surface area contributed by atoms with Crippen LogP contribution in [0.5, 0.6) is 0 Å². The lowest BCUT2D eigenvalue weighted by atomic mass is 10.2. The van der Waals surface area contributed by atoms with Gasteiger partial charge in [-0.3, -0.25) is 0 Å². The maximum atomic E-state index is 13.5. The van der Waals surface area contributed by atoms with Gasteiger partial charge < -0.3 is 10.8 Å². The summed E-state index contributed by atoms with van der Waals surface area (Å²) < 4.78 is 39.7. The van der Waals surface area contributed by atoms with Crippen LogP contribution in [-0.2, 0) is 10.0 Å². The van der Waals surface area contributed by atoms with Gasteiger partial charge in [-0.2, -0.15) is 4.31 Å². The minimum absolute atomic E-state index is 0.0234. The van der Waals surface area contributed by atoms with E-state index >= 15 is 0 Å². The number of aliphatic hydroxyl groups is 1. The number of anilines is 1. The second-order valence-electron chi connectivity index (χ2n) is 4.84. The molecule has 1 aromatic rings. The van der Waals surface area contributed by atoms with Crippen LogP contribution in [0.2, 0.25) is 0 Å². The van der Waals surface area contributed by atoms with Gasteiger partial charge in [-0.25, -0.2) is 12.8 Å². The van der Waals surface area contributed by atoms with Gasteiger partial charge in [0.2, 0.25) is 10.0 Å².